The second-order valence-corrected chi connectivity index (χ2v) is 12.0. The minimum absolute atomic E-state index is 0.267. The standard InChI is InChI=1S/C31H44O4/c1-20(19-35-26-10-6-9-24(17-26)30(3,4)34)27-13-14-28-22(8-7-15-31(27,28)5)11-12-23-16-25(32)18-29(33)21(23)2/h6,9-12,17,20,25,27-29,32-34H,2,7-8,13-16,18-19H2,1,3-5H3/b22-11+,23-12-. The van der Waals surface area contributed by atoms with Crippen molar-refractivity contribution in [2.45, 2.75) is 90.4 Å². The van der Waals surface area contributed by atoms with Crippen molar-refractivity contribution in [2.24, 2.45) is 23.2 Å². The first-order valence-electron chi connectivity index (χ1n) is 13.4. The van der Waals surface area contributed by atoms with E-state index in [0.717, 1.165) is 28.9 Å². The summed E-state index contributed by atoms with van der Waals surface area (Å²) in [7, 11) is 0. The van der Waals surface area contributed by atoms with E-state index in [1.54, 1.807) is 13.8 Å². The van der Waals surface area contributed by atoms with Crippen molar-refractivity contribution in [3.8, 4) is 5.75 Å². The van der Waals surface area contributed by atoms with E-state index in [1.165, 1.54) is 31.3 Å². The van der Waals surface area contributed by atoms with Gasteiger partial charge in [-0.05, 0) is 104 Å². The lowest BCUT2D eigenvalue weighted by Gasteiger charge is -2.44. The second-order valence-electron chi connectivity index (χ2n) is 12.0. The zero-order valence-corrected chi connectivity index (χ0v) is 22.0. The van der Waals surface area contributed by atoms with E-state index in [-0.39, 0.29) is 5.41 Å². The van der Waals surface area contributed by atoms with Crippen molar-refractivity contribution in [1.82, 2.24) is 0 Å². The van der Waals surface area contributed by atoms with Crippen LogP contribution < -0.4 is 4.74 Å². The largest absolute Gasteiger partial charge is 0.493 e. The minimum Gasteiger partial charge on any atom is -0.493 e. The lowest BCUT2D eigenvalue weighted by Crippen LogP contribution is -2.37. The molecule has 0 saturated heterocycles. The Labute approximate surface area is 211 Å². The molecule has 4 heteroatoms. The molecule has 0 heterocycles. The third kappa shape index (κ3) is 5.60. The molecule has 4 nitrogen and oxygen atoms in total. The molecule has 6 atom stereocenters. The Morgan fingerprint density at radius 2 is 2.00 bits per heavy atom. The molecule has 3 aliphatic rings. The van der Waals surface area contributed by atoms with Gasteiger partial charge < -0.3 is 20.1 Å². The highest BCUT2D eigenvalue weighted by atomic mass is 16.5. The van der Waals surface area contributed by atoms with Crippen LogP contribution in [-0.2, 0) is 5.60 Å². The summed E-state index contributed by atoms with van der Waals surface area (Å²) >= 11 is 0. The fourth-order valence-electron chi connectivity index (χ4n) is 6.99. The van der Waals surface area contributed by atoms with E-state index in [0.29, 0.717) is 37.2 Å². The molecule has 0 aromatic heterocycles. The molecule has 0 amide bonds. The van der Waals surface area contributed by atoms with Crippen LogP contribution in [0.5, 0.6) is 5.75 Å². The predicted molar refractivity (Wildman–Crippen MR) is 141 cm³/mol. The molecule has 3 N–H and O–H groups in total. The van der Waals surface area contributed by atoms with Crippen LogP contribution in [0.15, 0.2) is 59.7 Å². The molecule has 0 radical (unpaired) electrons. The first kappa shape index (κ1) is 26.2. The molecular formula is C31H44O4. The van der Waals surface area contributed by atoms with Crippen molar-refractivity contribution in [3.05, 3.63) is 65.3 Å². The van der Waals surface area contributed by atoms with Gasteiger partial charge in [-0.15, -0.1) is 0 Å². The van der Waals surface area contributed by atoms with Crippen molar-refractivity contribution < 1.29 is 20.1 Å². The summed E-state index contributed by atoms with van der Waals surface area (Å²) in [4.78, 5) is 0. The van der Waals surface area contributed by atoms with E-state index in [1.807, 2.05) is 24.3 Å². The zero-order valence-electron chi connectivity index (χ0n) is 22.0. The van der Waals surface area contributed by atoms with Gasteiger partial charge in [0.05, 0.1) is 24.4 Å². The highest BCUT2D eigenvalue weighted by molar-refractivity contribution is 5.38. The van der Waals surface area contributed by atoms with E-state index in [2.05, 4.69) is 32.6 Å². The molecule has 0 aliphatic heterocycles. The number of aliphatic hydroxyl groups excluding tert-OH is 2. The molecular weight excluding hydrogens is 436 g/mol. The molecule has 35 heavy (non-hydrogen) atoms. The summed E-state index contributed by atoms with van der Waals surface area (Å²) < 4.78 is 6.23. The molecule has 3 saturated carbocycles. The number of fused-ring (bicyclic) bond motifs is 1. The monoisotopic (exact) mass is 480 g/mol. The van der Waals surface area contributed by atoms with E-state index >= 15 is 0 Å². The van der Waals surface area contributed by atoms with Crippen LogP contribution in [0.3, 0.4) is 0 Å². The number of hydrogen-bond acceptors (Lipinski definition) is 4. The molecule has 192 valence electrons. The lowest BCUT2D eigenvalue weighted by molar-refractivity contribution is 0.0727. The van der Waals surface area contributed by atoms with Gasteiger partial charge in [0.2, 0.25) is 0 Å². The number of hydrogen-bond donors (Lipinski definition) is 3. The quantitative estimate of drug-likeness (QED) is 0.462. The van der Waals surface area contributed by atoms with Crippen LogP contribution in [-0.4, -0.2) is 34.1 Å². The fourth-order valence-corrected chi connectivity index (χ4v) is 6.99. The lowest BCUT2D eigenvalue weighted by atomic mass is 9.61. The Morgan fingerprint density at radius 1 is 1.23 bits per heavy atom. The van der Waals surface area contributed by atoms with Gasteiger partial charge in [-0.2, -0.15) is 0 Å². The van der Waals surface area contributed by atoms with Crippen LogP contribution >= 0.6 is 0 Å². The SMILES string of the molecule is C=C1/C(=C\C=C2/CCCC3(C)C2CCC3C(C)COc2cccc(C(C)(C)O)c2)CC(O)CC1O. The normalized spacial score (nSPS) is 34.8. The van der Waals surface area contributed by atoms with Crippen LogP contribution in [0.4, 0.5) is 0 Å². The number of ether oxygens (including phenoxy) is 1. The van der Waals surface area contributed by atoms with Gasteiger partial charge in [-0.3, -0.25) is 0 Å². The van der Waals surface area contributed by atoms with Crippen molar-refractivity contribution in [1.29, 1.82) is 0 Å². The Kier molecular flexibility index (Phi) is 7.66. The van der Waals surface area contributed by atoms with Crippen LogP contribution in [0.25, 0.3) is 0 Å². The summed E-state index contributed by atoms with van der Waals surface area (Å²) in [5.41, 5.74) is 3.52. The minimum atomic E-state index is -0.878. The van der Waals surface area contributed by atoms with Crippen LogP contribution in [0, 0.1) is 23.2 Å². The third-order valence-electron chi connectivity index (χ3n) is 9.04. The summed E-state index contributed by atoms with van der Waals surface area (Å²) in [6, 6.07) is 7.82. The van der Waals surface area contributed by atoms with Gasteiger partial charge in [-0.25, -0.2) is 0 Å². The molecule has 0 spiro atoms. The maximum atomic E-state index is 10.3. The predicted octanol–water partition coefficient (Wildman–Crippen LogP) is 6.07. The van der Waals surface area contributed by atoms with E-state index < -0.39 is 17.8 Å². The van der Waals surface area contributed by atoms with E-state index in [4.69, 9.17) is 4.74 Å². The number of benzene rings is 1. The van der Waals surface area contributed by atoms with Gasteiger partial charge >= 0.3 is 0 Å². The molecule has 1 aromatic carbocycles. The first-order valence-corrected chi connectivity index (χ1v) is 13.4. The molecule has 6 unspecified atom stereocenters. The maximum absolute atomic E-state index is 10.3. The molecule has 3 aliphatic carbocycles. The van der Waals surface area contributed by atoms with Gasteiger partial charge in [0.1, 0.15) is 5.75 Å². The van der Waals surface area contributed by atoms with Crippen molar-refractivity contribution >= 4 is 0 Å². The molecule has 4 rings (SSSR count). The van der Waals surface area contributed by atoms with Crippen molar-refractivity contribution in [2.75, 3.05) is 6.61 Å². The maximum Gasteiger partial charge on any atom is 0.119 e. The Hall–Kier alpha value is -1.88. The Morgan fingerprint density at radius 3 is 2.74 bits per heavy atom. The molecule has 1 aromatic rings. The Bertz CT molecular complexity index is 984. The van der Waals surface area contributed by atoms with Crippen LogP contribution in [0.1, 0.15) is 78.2 Å². The average Bonchev–Trinajstić information content (AvgIpc) is 3.16. The van der Waals surface area contributed by atoms with Gasteiger partial charge in [0, 0.05) is 6.42 Å². The summed E-state index contributed by atoms with van der Waals surface area (Å²) in [5, 5.41) is 30.6. The fraction of sp³-hybridized carbons (Fsp3) is 0.613. The average molecular weight is 481 g/mol. The van der Waals surface area contributed by atoms with E-state index in [9.17, 15) is 15.3 Å². The van der Waals surface area contributed by atoms with Gasteiger partial charge in [0.25, 0.3) is 0 Å². The second kappa shape index (κ2) is 10.2. The molecule has 0 bridgehead atoms. The Balaban J connectivity index is 1.45. The number of aliphatic hydroxyl groups is 3. The third-order valence-corrected chi connectivity index (χ3v) is 9.04. The highest BCUT2D eigenvalue weighted by Crippen LogP contribution is 2.59. The smallest absolute Gasteiger partial charge is 0.119 e. The summed E-state index contributed by atoms with van der Waals surface area (Å²) in [6.07, 6.45) is 10.2. The van der Waals surface area contributed by atoms with Gasteiger partial charge in [0.15, 0.2) is 0 Å². The first-order chi connectivity index (χ1) is 16.5. The molecule has 3 fully saturated rings. The number of allylic oxidation sites excluding steroid dienone is 3. The van der Waals surface area contributed by atoms with Crippen LogP contribution in [0.2, 0.25) is 0 Å². The highest BCUT2D eigenvalue weighted by Gasteiger charge is 2.50. The zero-order chi connectivity index (χ0) is 25.4. The van der Waals surface area contributed by atoms with Crippen molar-refractivity contribution in [3.63, 3.8) is 0 Å². The topological polar surface area (TPSA) is 69.9 Å². The van der Waals surface area contributed by atoms with Gasteiger partial charge in [-0.1, -0.05) is 50.3 Å². The summed E-state index contributed by atoms with van der Waals surface area (Å²) in [5.74, 6) is 2.45. The summed E-state index contributed by atoms with van der Waals surface area (Å²) in [6.45, 7) is 13.2. The number of rotatable bonds is 6.